The molecule has 75 heavy (non-hydrogen) atoms. The lowest BCUT2D eigenvalue weighted by Crippen LogP contribution is -2.61. The smallest absolute Gasteiger partial charge is 0.366 e. The van der Waals surface area contributed by atoms with Crippen molar-refractivity contribution in [3.63, 3.8) is 0 Å². The predicted octanol–water partition coefficient (Wildman–Crippen LogP) is 5.14. The maximum Gasteiger partial charge on any atom is 0.366 e. The van der Waals surface area contributed by atoms with E-state index in [1.165, 1.54) is 14.2 Å². The van der Waals surface area contributed by atoms with E-state index >= 15 is 0 Å². The number of benzene rings is 3. The maximum absolute atomic E-state index is 13.9. The number of amides is 4. The number of nitrogens with one attached hydrogen (secondary N) is 3. The topological polar surface area (TPSA) is 227 Å². The molecule has 1 unspecified atom stereocenters. The minimum absolute atomic E-state index is 0.0862. The third-order valence-electron chi connectivity index (χ3n) is 15.1. The molecule has 0 bridgehead atoms. The van der Waals surface area contributed by atoms with Gasteiger partial charge in [0.1, 0.15) is 36.1 Å². The number of carbonyl (C=O) groups excluding carboxylic acids is 4. The number of methoxy groups -OCH3 is 1. The molecule has 6 aliphatic heterocycles. The van der Waals surface area contributed by atoms with E-state index in [9.17, 15) is 23.7 Å². The van der Waals surface area contributed by atoms with E-state index in [1.54, 1.807) is 42.3 Å². The number of halogens is 1. The molecular formula is C51H58BrN12O10P. The molecule has 8 heterocycles. The lowest BCUT2D eigenvalue weighted by atomic mass is 9.93. The average molecular weight is 1110 g/mol. The molecule has 0 spiro atoms. The van der Waals surface area contributed by atoms with E-state index < -0.39 is 37.3 Å². The van der Waals surface area contributed by atoms with Crippen molar-refractivity contribution >= 4 is 87.0 Å². The van der Waals surface area contributed by atoms with Crippen LogP contribution in [0.3, 0.4) is 0 Å². The van der Waals surface area contributed by atoms with Gasteiger partial charge in [0, 0.05) is 121 Å². The number of piperidine rings is 2. The number of anilines is 6. The van der Waals surface area contributed by atoms with E-state index in [1.807, 2.05) is 31.6 Å². The zero-order valence-corrected chi connectivity index (χ0v) is 44.5. The summed E-state index contributed by atoms with van der Waals surface area (Å²) in [5.41, 5.74) is 5.48. The standard InChI is InChI=1S/C51H58BrN12O10P/c1-59-27-31(24-54-59)35-22-39(56-51-53-25-37(52)47(58-51)55-38-7-9-42-45(74-20-19-73-42)46(38)75(69,71-3)72-4)43(70-2)23-41(35)62-17-15-60(16-18-62)26-30-11-13-61(14-12-30)33-28-63(29-33)32-5-6-34-36(21-32)50(68)64(49(34)67)40-8-10-44(65)57-48(40)66/h5-7,9,21-25,27,30,33,40H,8,10-20,26,28-29H2,1-4H3,(H,57,65,66)(H2,53,55,56,58). The van der Waals surface area contributed by atoms with E-state index in [0.717, 1.165) is 99.1 Å². The number of hydrogen-bond acceptors (Lipinski definition) is 19. The first-order chi connectivity index (χ1) is 36.3. The van der Waals surface area contributed by atoms with Crippen LogP contribution in [0.15, 0.2) is 65.5 Å². The first-order valence-electron chi connectivity index (χ1n) is 25.1. The number of ether oxygens (including phenoxy) is 3. The van der Waals surface area contributed by atoms with Gasteiger partial charge in [0.05, 0.1) is 40.3 Å². The third-order valence-corrected chi connectivity index (χ3v) is 17.6. The van der Waals surface area contributed by atoms with Crippen molar-refractivity contribution in [1.29, 1.82) is 0 Å². The summed E-state index contributed by atoms with van der Waals surface area (Å²) in [5.74, 6) is 0.573. The van der Waals surface area contributed by atoms with Crippen molar-refractivity contribution in [1.82, 2.24) is 39.8 Å². The van der Waals surface area contributed by atoms with Gasteiger partial charge in [0.2, 0.25) is 17.8 Å². The highest BCUT2D eigenvalue weighted by molar-refractivity contribution is 9.10. The van der Waals surface area contributed by atoms with Gasteiger partial charge in [0.25, 0.3) is 11.8 Å². The molecule has 5 aromatic rings. The van der Waals surface area contributed by atoms with Gasteiger partial charge in [0.15, 0.2) is 11.5 Å². The average Bonchev–Trinajstić information content (AvgIpc) is 3.96. The molecule has 11 rings (SSSR count). The van der Waals surface area contributed by atoms with Crippen LogP contribution in [-0.4, -0.2) is 164 Å². The number of fused-ring (bicyclic) bond motifs is 2. The van der Waals surface area contributed by atoms with Crippen LogP contribution in [0, 0.1) is 5.92 Å². The number of hydrogen-bond donors (Lipinski definition) is 3. The van der Waals surface area contributed by atoms with Crippen LogP contribution >= 0.6 is 23.5 Å². The second-order valence-corrected chi connectivity index (χ2v) is 22.5. The minimum Gasteiger partial charge on any atom is -0.494 e. The Morgan fingerprint density at radius 1 is 0.827 bits per heavy atom. The largest absolute Gasteiger partial charge is 0.494 e. The fourth-order valence-electron chi connectivity index (χ4n) is 11.0. The zero-order valence-electron chi connectivity index (χ0n) is 42.0. The summed E-state index contributed by atoms with van der Waals surface area (Å²) in [5, 5.41) is 13.6. The molecule has 4 saturated heterocycles. The molecule has 0 saturated carbocycles. The minimum atomic E-state index is -3.85. The first-order valence-corrected chi connectivity index (χ1v) is 27.4. The number of rotatable bonds is 15. The Balaban J connectivity index is 0.710. The zero-order chi connectivity index (χ0) is 52.1. The van der Waals surface area contributed by atoms with Crippen LogP contribution in [0.5, 0.6) is 17.2 Å². The second-order valence-electron chi connectivity index (χ2n) is 19.5. The summed E-state index contributed by atoms with van der Waals surface area (Å²) >= 11 is 3.58. The van der Waals surface area contributed by atoms with E-state index in [2.05, 4.69) is 67.6 Å². The van der Waals surface area contributed by atoms with E-state index in [-0.39, 0.29) is 36.5 Å². The lowest BCUT2D eigenvalue weighted by molar-refractivity contribution is -0.136. The highest BCUT2D eigenvalue weighted by atomic mass is 79.9. The number of likely N-dealkylation sites (tertiary alicyclic amines) is 1. The van der Waals surface area contributed by atoms with Crippen molar-refractivity contribution in [3.05, 3.63) is 76.7 Å². The normalized spacial score (nSPS) is 19.8. The molecular weight excluding hydrogens is 1050 g/mol. The van der Waals surface area contributed by atoms with Crippen LogP contribution < -0.4 is 45.3 Å². The lowest BCUT2D eigenvalue weighted by Gasteiger charge is -2.49. The van der Waals surface area contributed by atoms with Gasteiger partial charge in [-0.05, 0) is 90.6 Å². The van der Waals surface area contributed by atoms with Gasteiger partial charge < -0.3 is 43.7 Å². The molecule has 1 atom stereocenters. The molecule has 0 aliphatic carbocycles. The molecule has 2 aromatic heterocycles. The Morgan fingerprint density at radius 3 is 2.31 bits per heavy atom. The molecule has 6 aliphatic rings. The molecule has 4 amide bonds. The molecule has 22 nitrogen and oxygen atoms in total. The van der Waals surface area contributed by atoms with Gasteiger partial charge in [-0.3, -0.25) is 48.4 Å². The van der Waals surface area contributed by atoms with Crippen molar-refractivity contribution in [2.24, 2.45) is 13.0 Å². The molecule has 3 N–H and O–H groups in total. The number of aromatic nitrogens is 4. The van der Waals surface area contributed by atoms with Crippen LogP contribution in [0.2, 0.25) is 0 Å². The predicted molar refractivity (Wildman–Crippen MR) is 282 cm³/mol. The summed E-state index contributed by atoms with van der Waals surface area (Å²) in [6.07, 6.45) is 7.95. The summed E-state index contributed by atoms with van der Waals surface area (Å²) < 4.78 is 44.8. The monoisotopic (exact) mass is 1110 g/mol. The number of aryl methyl sites for hydroxylation is 1. The summed E-state index contributed by atoms with van der Waals surface area (Å²) in [4.78, 5) is 71.1. The fourth-order valence-corrected chi connectivity index (χ4v) is 12.6. The second kappa shape index (κ2) is 20.8. The third kappa shape index (κ3) is 9.81. The number of nitrogens with zero attached hydrogens (tertiary/aromatic N) is 9. The molecule has 4 fully saturated rings. The highest BCUT2D eigenvalue weighted by Crippen LogP contribution is 2.53. The Bertz CT molecular complexity index is 3110. The van der Waals surface area contributed by atoms with E-state index in [4.69, 9.17) is 28.2 Å². The van der Waals surface area contributed by atoms with Crippen LogP contribution in [-0.2, 0) is 30.2 Å². The Labute approximate surface area is 441 Å². The van der Waals surface area contributed by atoms with Gasteiger partial charge in [-0.15, -0.1) is 0 Å². The van der Waals surface area contributed by atoms with Gasteiger partial charge in [-0.25, -0.2) is 4.98 Å². The molecule has 394 valence electrons. The summed E-state index contributed by atoms with van der Waals surface area (Å²) in [7, 11) is 2.33. The quantitative estimate of drug-likeness (QED) is 0.0911. The van der Waals surface area contributed by atoms with Crippen molar-refractivity contribution in [2.45, 2.75) is 37.8 Å². The SMILES string of the molecule is COc1cc(N2CCN(CC3CCN(C4CN(c5ccc6c(c5)C(=O)N(C5CCC(=O)NC5=O)C6=O)C4)CC3)CC2)c(-c2cnn(C)c2)cc1Nc1ncc(Br)c(Nc2ccc3c(c2P(=O)(OC)OC)OCCO3)n1. The van der Waals surface area contributed by atoms with Crippen molar-refractivity contribution < 1.29 is 47.0 Å². The van der Waals surface area contributed by atoms with Crippen LogP contribution in [0.1, 0.15) is 46.4 Å². The van der Waals surface area contributed by atoms with Crippen molar-refractivity contribution in [3.8, 4) is 28.4 Å². The molecule has 24 heteroatoms. The Hall–Kier alpha value is -6.62. The number of piperazine rings is 1. The van der Waals surface area contributed by atoms with Crippen molar-refractivity contribution in [2.75, 3.05) is 114 Å². The van der Waals surface area contributed by atoms with Crippen LogP contribution in [0.25, 0.3) is 11.1 Å². The van der Waals surface area contributed by atoms with E-state index in [0.29, 0.717) is 62.9 Å². The Morgan fingerprint density at radius 2 is 1.59 bits per heavy atom. The molecule has 3 aromatic carbocycles. The van der Waals surface area contributed by atoms with Gasteiger partial charge in [-0.1, -0.05) is 0 Å². The molecule has 0 radical (unpaired) electrons. The number of carbonyl (C=O) groups is 4. The van der Waals surface area contributed by atoms with Crippen LogP contribution in [0.4, 0.5) is 34.5 Å². The summed E-state index contributed by atoms with van der Waals surface area (Å²) in [6, 6.07) is 12.3. The fraction of sp³-hybridized carbons (Fsp3) is 0.431. The Kier molecular flexibility index (Phi) is 14.0. The van der Waals surface area contributed by atoms with Gasteiger partial charge >= 0.3 is 7.60 Å². The first kappa shape index (κ1) is 50.5. The number of imide groups is 2. The highest BCUT2D eigenvalue weighted by Gasteiger charge is 2.45. The maximum atomic E-state index is 13.9. The summed E-state index contributed by atoms with van der Waals surface area (Å²) in [6.45, 7) is 8.93. The van der Waals surface area contributed by atoms with Gasteiger partial charge in [-0.2, -0.15) is 10.1 Å².